The van der Waals surface area contributed by atoms with E-state index in [1.54, 1.807) is 13.0 Å². The largest absolute Gasteiger partial charge is 0.398 e. The van der Waals surface area contributed by atoms with Crippen molar-refractivity contribution in [1.82, 2.24) is 4.31 Å². The van der Waals surface area contributed by atoms with E-state index in [0.29, 0.717) is 36.0 Å². The molecule has 0 amide bonds. The summed E-state index contributed by atoms with van der Waals surface area (Å²) in [6, 6.07) is 2.81. The van der Waals surface area contributed by atoms with E-state index in [4.69, 9.17) is 22.1 Å². The van der Waals surface area contributed by atoms with E-state index in [-0.39, 0.29) is 10.9 Å². The monoisotopic (exact) mass is 304 g/mol. The predicted octanol–water partition coefficient (Wildman–Crippen LogP) is 1.64. The fourth-order valence-electron chi connectivity index (χ4n) is 2.14. The van der Waals surface area contributed by atoms with E-state index in [1.165, 1.54) is 10.4 Å². The van der Waals surface area contributed by atoms with Crippen molar-refractivity contribution in [2.75, 3.05) is 25.5 Å². The van der Waals surface area contributed by atoms with Gasteiger partial charge in [-0.15, -0.1) is 0 Å². The van der Waals surface area contributed by atoms with Crippen molar-refractivity contribution < 1.29 is 13.2 Å². The Morgan fingerprint density at radius 2 is 2.16 bits per heavy atom. The molecule has 0 bridgehead atoms. The fourth-order valence-corrected chi connectivity index (χ4v) is 4.31. The maximum atomic E-state index is 12.7. The van der Waals surface area contributed by atoms with Gasteiger partial charge in [-0.25, -0.2) is 8.42 Å². The molecule has 2 N–H and O–H groups in total. The van der Waals surface area contributed by atoms with Gasteiger partial charge in [0.1, 0.15) is 0 Å². The zero-order valence-corrected chi connectivity index (χ0v) is 12.5. The maximum Gasteiger partial charge on any atom is 0.243 e. The Balaban J connectivity index is 2.50. The number of rotatable bonds is 2. The molecule has 0 radical (unpaired) electrons. The zero-order valence-electron chi connectivity index (χ0n) is 10.9. The normalized spacial score (nSPS) is 21.5. The smallest absolute Gasteiger partial charge is 0.243 e. The Morgan fingerprint density at radius 3 is 2.79 bits per heavy atom. The Morgan fingerprint density at radius 1 is 1.47 bits per heavy atom. The van der Waals surface area contributed by atoms with Crippen LogP contribution in [-0.2, 0) is 14.8 Å². The number of benzene rings is 1. The van der Waals surface area contributed by atoms with Gasteiger partial charge in [0.05, 0.1) is 18.1 Å². The zero-order chi connectivity index (χ0) is 14.2. The molecule has 0 aromatic heterocycles. The van der Waals surface area contributed by atoms with Crippen molar-refractivity contribution in [2.45, 2.75) is 24.8 Å². The number of anilines is 1. The van der Waals surface area contributed by atoms with Crippen LogP contribution in [0, 0.1) is 6.92 Å². The number of hydrogen-bond acceptors (Lipinski definition) is 4. The number of morpholine rings is 1. The van der Waals surface area contributed by atoms with Gasteiger partial charge < -0.3 is 10.5 Å². The Bertz CT molecular complexity index is 589. The molecule has 1 saturated heterocycles. The quantitative estimate of drug-likeness (QED) is 0.843. The van der Waals surface area contributed by atoms with Crippen molar-refractivity contribution in [2.24, 2.45) is 0 Å². The van der Waals surface area contributed by atoms with E-state index < -0.39 is 10.0 Å². The number of nitrogens with zero attached hydrogens (tertiary/aromatic N) is 1. The van der Waals surface area contributed by atoms with Crippen LogP contribution in [0.5, 0.6) is 0 Å². The second kappa shape index (κ2) is 5.28. The number of nitrogen functional groups attached to an aromatic ring is 1. The number of sulfonamides is 1. The molecule has 0 unspecified atom stereocenters. The van der Waals surface area contributed by atoms with E-state index in [9.17, 15) is 8.42 Å². The predicted molar refractivity (Wildman–Crippen MR) is 74.8 cm³/mol. The molecule has 1 heterocycles. The second-order valence-corrected chi connectivity index (χ2v) is 6.95. The highest BCUT2D eigenvalue weighted by Crippen LogP contribution is 2.29. The fraction of sp³-hybridized carbons (Fsp3) is 0.500. The van der Waals surface area contributed by atoms with E-state index in [2.05, 4.69) is 0 Å². The summed E-state index contributed by atoms with van der Waals surface area (Å²) in [7, 11) is -3.60. The van der Waals surface area contributed by atoms with Crippen LogP contribution >= 0.6 is 11.6 Å². The van der Waals surface area contributed by atoms with Crippen molar-refractivity contribution in [3.8, 4) is 0 Å². The van der Waals surface area contributed by atoms with Gasteiger partial charge in [-0.05, 0) is 31.5 Å². The minimum atomic E-state index is -3.60. The van der Waals surface area contributed by atoms with Crippen molar-refractivity contribution in [1.29, 1.82) is 0 Å². The molecule has 1 aromatic rings. The summed E-state index contributed by atoms with van der Waals surface area (Å²) in [6.45, 7) is 4.64. The van der Waals surface area contributed by atoms with Gasteiger partial charge in [0, 0.05) is 23.3 Å². The van der Waals surface area contributed by atoms with Crippen molar-refractivity contribution in [3.05, 3.63) is 22.7 Å². The third-order valence-corrected chi connectivity index (χ3v) is 5.62. The lowest BCUT2D eigenvalue weighted by Crippen LogP contribution is -2.47. The van der Waals surface area contributed by atoms with Crippen LogP contribution in [-0.4, -0.2) is 38.5 Å². The second-order valence-electron chi connectivity index (χ2n) is 4.66. The SMILES string of the molecule is Cc1c(N)cc(Cl)cc1S(=O)(=O)N1CCOC[C@H]1C. The van der Waals surface area contributed by atoms with Crippen LogP contribution in [0.15, 0.2) is 17.0 Å². The van der Waals surface area contributed by atoms with Crippen LogP contribution in [0.1, 0.15) is 12.5 Å². The van der Waals surface area contributed by atoms with Crippen LogP contribution in [0.2, 0.25) is 5.02 Å². The summed E-state index contributed by atoms with van der Waals surface area (Å²) >= 11 is 5.92. The van der Waals surface area contributed by atoms with Crippen LogP contribution < -0.4 is 5.73 Å². The summed E-state index contributed by atoms with van der Waals surface area (Å²) in [6.07, 6.45) is 0. The standard InChI is InChI=1S/C12H17ClN2O3S/c1-8-7-18-4-3-15(8)19(16,17)12-6-10(13)5-11(14)9(12)2/h5-6,8H,3-4,7,14H2,1-2H3/t8-/m1/s1. The molecule has 0 saturated carbocycles. The Kier molecular flexibility index (Phi) is 4.06. The number of halogens is 1. The van der Waals surface area contributed by atoms with Crippen LogP contribution in [0.4, 0.5) is 5.69 Å². The molecule has 1 aliphatic heterocycles. The molecule has 1 atom stereocenters. The average molecular weight is 305 g/mol. The number of hydrogen-bond donors (Lipinski definition) is 1. The molecule has 2 rings (SSSR count). The van der Waals surface area contributed by atoms with Crippen molar-refractivity contribution >= 4 is 27.3 Å². The van der Waals surface area contributed by atoms with E-state index in [0.717, 1.165) is 0 Å². The summed E-state index contributed by atoms with van der Waals surface area (Å²) in [5.74, 6) is 0. The number of nitrogens with two attached hydrogens (primary N) is 1. The average Bonchev–Trinajstić information content (AvgIpc) is 2.34. The molecule has 1 fully saturated rings. The highest BCUT2D eigenvalue weighted by atomic mass is 35.5. The van der Waals surface area contributed by atoms with E-state index in [1.807, 2.05) is 6.92 Å². The molecular weight excluding hydrogens is 288 g/mol. The minimum Gasteiger partial charge on any atom is -0.398 e. The molecular formula is C12H17ClN2O3S. The van der Waals surface area contributed by atoms with Gasteiger partial charge in [-0.3, -0.25) is 0 Å². The van der Waals surface area contributed by atoms with Crippen molar-refractivity contribution in [3.63, 3.8) is 0 Å². The molecule has 0 spiro atoms. The summed E-state index contributed by atoms with van der Waals surface area (Å²) in [4.78, 5) is 0.172. The first-order chi connectivity index (χ1) is 8.84. The molecule has 1 aromatic carbocycles. The van der Waals surface area contributed by atoms with Gasteiger partial charge in [0.2, 0.25) is 10.0 Å². The summed E-state index contributed by atoms with van der Waals surface area (Å²) in [5, 5.41) is 0.322. The van der Waals surface area contributed by atoms with Gasteiger partial charge in [-0.1, -0.05) is 11.6 Å². The summed E-state index contributed by atoms with van der Waals surface area (Å²) < 4.78 is 32.1. The molecule has 19 heavy (non-hydrogen) atoms. The highest BCUT2D eigenvalue weighted by Gasteiger charge is 2.33. The molecule has 0 aliphatic carbocycles. The minimum absolute atomic E-state index is 0.172. The third-order valence-electron chi connectivity index (χ3n) is 3.26. The first kappa shape index (κ1) is 14.6. The van der Waals surface area contributed by atoms with Crippen LogP contribution in [0.3, 0.4) is 0 Å². The molecule has 7 heteroatoms. The molecule has 5 nitrogen and oxygen atoms in total. The Hall–Kier alpha value is -0.820. The lowest BCUT2D eigenvalue weighted by Gasteiger charge is -2.32. The first-order valence-corrected chi connectivity index (χ1v) is 7.81. The van der Waals surface area contributed by atoms with Crippen LogP contribution in [0.25, 0.3) is 0 Å². The summed E-state index contributed by atoms with van der Waals surface area (Å²) in [5.41, 5.74) is 6.70. The third kappa shape index (κ3) is 2.72. The maximum absolute atomic E-state index is 12.7. The Labute approximate surface area is 118 Å². The van der Waals surface area contributed by atoms with E-state index >= 15 is 0 Å². The lowest BCUT2D eigenvalue weighted by atomic mass is 10.2. The molecule has 1 aliphatic rings. The first-order valence-electron chi connectivity index (χ1n) is 5.99. The number of ether oxygens (including phenoxy) is 1. The highest BCUT2D eigenvalue weighted by molar-refractivity contribution is 7.89. The molecule has 106 valence electrons. The van der Waals surface area contributed by atoms with Gasteiger partial charge in [-0.2, -0.15) is 4.31 Å². The van der Waals surface area contributed by atoms with Gasteiger partial charge in [0.25, 0.3) is 0 Å². The van der Waals surface area contributed by atoms with Gasteiger partial charge in [0.15, 0.2) is 0 Å². The topological polar surface area (TPSA) is 72.6 Å². The van der Waals surface area contributed by atoms with Gasteiger partial charge >= 0.3 is 0 Å². The lowest BCUT2D eigenvalue weighted by molar-refractivity contribution is 0.0392.